The molecule has 3 N–H and O–H groups in total. The Kier molecular flexibility index (Phi) is 6.46. The average molecular weight is 369 g/mol. The van der Waals surface area contributed by atoms with Gasteiger partial charge in [-0.1, -0.05) is 11.6 Å². The van der Waals surface area contributed by atoms with Crippen LogP contribution < -0.4 is 10.5 Å². The lowest BCUT2D eigenvalue weighted by Gasteiger charge is -2.08. The molecule has 0 amide bonds. The van der Waals surface area contributed by atoms with Gasteiger partial charge in [-0.15, -0.1) is 23.7 Å². The van der Waals surface area contributed by atoms with Crippen LogP contribution in [0.4, 0.5) is 0 Å². The molecule has 0 spiro atoms. The van der Waals surface area contributed by atoms with E-state index in [0.717, 1.165) is 9.58 Å². The predicted octanol–water partition coefficient (Wildman–Crippen LogP) is 3.30. The van der Waals surface area contributed by atoms with Crippen LogP contribution in [0.1, 0.15) is 18.2 Å². The van der Waals surface area contributed by atoms with Crippen LogP contribution in [0.15, 0.2) is 23.1 Å². The topological polar surface area (TPSA) is 72.2 Å². The van der Waals surface area contributed by atoms with Crippen LogP contribution in [-0.4, -0.2) is 21.0 Å². The van der Waals surface area contributed by atoms with Gasteiger partial charge in [-0.05, 0) is 38.5 Å². The summed E-state index contributed by atoms with van der Waals surface area (Å²) in [5.41, 5.74) is 5.63. The van der Waals surface area contributed by atoms with Crippen molar-refractivity contribution < 1.29 is 8.42 Å². The van der Waals surface area contributed by atoms with E-state index in [9.17, 15) is 8.42 Å². The standard InChI is InChI=1S/C13H17ClN2O2S2.ClH/c1-8(15)5-6-16-20(17,18)13-9(2)19-12-4-3-10(14)7-11(12)13;/h3-4,7-8,16H,5-6,15H2,1-2H3;1H. The highest BCUT2D eigenvalue weighted by atomic mass is 35.5. The summed E-state index contributed by atoms with van der Waals surface area (Å²) in [6, 6.07) is 5.27. The van der Waals surface area contributed by atoms with Crippen LogP contribution in [0.25, 0.3) is 10.1 Å². The van der Waals surface area contributed by atoms with Crippen LogP contribution in [0.5, 0.6) is 0 Å². The van der Waals surface area contributed by atoms with Crippen molar-refractivity contribution in [1.29, 1.82) is 0 Å². The highest BCUT2D eigenvalue weighted by molar-refractivity contribution is 7.90. The van der Waals surface area contributed by atoms with Gasteiger partial charge in [0.05, 0.1) is 0 Å². The van der Waals surface area contributed by atoms with Gasteiger partial charge in [0.15, 0.2) is 0 Å². The van der Waals surface area contributed by atoms with Gasteiger partial charge < -0.3 is 5.73 Å². The fourth-order valence-corrected chi connectivity index (χ4v) is 4.99. The lowest BCUT2D eigenvalue weighted by atomic mass is 10.2. The van der Waals surface area contributed by atoms with Gasteiger partial charge in [-0.3, -0.25) is 0 Å². The summed E-state index contributed by atoms with van der Waals surface area (Å²) in [6.07, 6.45) is 0.598. The Labute approximate surface area is 140 Å². The van der Waals surface area contributed by atoms with E-state index < -0.39 is 10.0 Å². The van der Waals surface area contributed by atoms with Gasteiger partial charge in [-0.25, -0.2) is 13.1 Å². The summed E-state index contributed by atoms with van der Waals surface area (Å²) >= 11 is 7.42. The zero-order chi connectivity index (χ0) is 14.9. The van der Waals surface area contributed by atoms with Crippen LogP contribution in [0.2, 0.25) is 5.02 Å². The van der Waals surface area contributed by atoms with Gasteiger partial charge in [0.2, 0.25) is 10.0 Å². The number of hydrogen-bond acceptors (Lipinski definition) is 4. The molecule has 0 aliphatic heterocycles. The smallest absolute Gasteiger partial charge is 0.242 e. The second-order valence-corrected chi connectivity index (χ2v) is 8.19. The van der Waals surface area contributed by atoms with E-state index in [1.54, 1.807) is 19.1 Å². The fourth-order valence-electron chi connectivity index (χ4n) is 2.00. The molecule has 118 valence electrons. The lowest BCUT2D eigenvalue weighted by molar-refractivity contribution is 0.572. The van der Waals surface area contributed by atoms with Gasteiger partial charge in [0, 0.05) is 32.6 Å². The highest BCUT2D eigenvalue weighted by Gasteiger charge is 2.22. The van der Waals surface area contributed by atoms with Gasteiger partial charge in [0.25, 0.3) is 0 Å². The number of rotatable bonds is 5. The number of nitrogens with one attached hydrogen (secondary N) is 1. The van der Waals surface area contributed by atoms with E-state index in [1.807, 2.05) is 13.0 Å². The number of fused-ring (bicyclic) bond motifs is 1. The van der Waals surface area contributed by atoms with Crippen molar-refractivity contribution in [3.8, 4) is 0 Å². The molecule has 8 heteroatoms. The van der Waals surface area contributed by atoms with Crippen molar-refractivity contribution in [2.45, 2.75) is 31.2 Å². The molecule has 1 aromatic carbocycles. The van der Waals surface area contributed by atoms with Crippen molar-refractivity contribution in [3.63, 3.8) is 0 Å². The molecule has 0 saturated heterocycles. The van der Waals surface area contributed by atoms with E-state index in [4.69, 9.17) is 17.3 Å². The summed E-state index contributed by atoms with van der Waals surface area (Å²) in [5, 5.41) is 1.20. The number of halogens is 2. The third kappa shape index (κ3) is 4.31. The summed E-state index contributed by atoms with van der Waals surface area (Å²) in [5.74, 6) is 0. The first-order valence-corrected chi connectivity index (χ1v) is 8.93. The van der Waals surface area contributed by atoms with Crippen LogP contribution in [-0.2, 0) is 10.0 Å². The fraction of sp³-hybridized carbons (Fsp3) is 0.385. The molecule has 1 atom stereocenters. The number of hydrogen-bond donors (Lipinski definition) is 2. The van der Waals surface area contributed by atoms with Crippen molar-refractivity contribution in [3.05, 3.63) is 28.1 Å². The summed E-state index contributed by atoms with van der Waals surface area (Å²) in [6.45, 7) is 3.98. The summed E-state index contributed by atoms with van der Waals surface area (Å²) in [7, 11) is -3.54. The Bertz CT molecular complexity index is 727. The third-order valence-corrected chi connectivity index (χ3v) is 6.03. The summed E-state index contributed by atoms with van der Waals surface area (Å²) < 4.78 is 28.4. The number of thiophene rings is 1. The number of nitrogens with two attached hydrogens (primary N) is 1. The van der Waals surface area contributed by atoms with Gasteiger partial charge in [0.1, 0.15) is 4.90 Å². The van der Waals surface area contributed by atoms with E-state index >= 15 is 0 Å². The molecule has 2 rings (SSSR count). The Morgan fingerprint density at radius 1 is 1.43 bits per heavy atom. The molecule has 0 aliphatic carbocycles. The van der Waals surface area contributed by atoms with Crippen LogP contribution in [0, 0.1) is 6.92 Å². The predicted molar refractivity (Wildman–Crippen MR) is 92.3 cm³/mol. The van der Waals surface area contributed by atoms with Crippen LogP contribution in [0.3, 0.4) is 0 Å². The minimum absolute atomic E-state index is 0. The maximum atomic E-state index is 12.4. The van der Waals surface area contributed by atoms with Crippen molar-refractivity contribution in [2.24, 2.45) is 5.73 Å². The molecule has 0 saturated carbocycles. The molecule has 0 radical (unpaired) electrons. The van der Waals surface area contributed by atoms with E-state index in [1.165, 1.54) is 11.3 Å². The maximum absolute atomic E-state index is 12.4. The number of aryl methyl sites for hydroxylation is 1. The van der Waals surface area contributed by atoms with E-state index in [-0.39, 0.29) is 18.4 Å². The number of benzene rings is 1. The molecule has 0 aliphatic rings. The largest absolute Gasteiger partial charge is 0.328 e. The van der Waals surface area contributed by atoms with Gasteiger partial charge in [-0.2, -0.15) is 0 Å². The zero-order valence-electron chi connectivity index (χ0n) is 11.7. The zero-order valence-corrected chi connectivity index (χ0v) is 14.9. The molecule has 21 heavy (non-hydrogen) atoms. The maximum Gasteiger partial charge on any atom is 0.242 e. The van der Waals surface area contributed by atoms with Gasteiger partial charge >= 0.3 is 0 Å². The second-order valence-electron chi connectivity index (χ2n) is 4.79. The minimum Gasteiger partial charge on any atom is -0.328 e. The summed E-state index contributed by atoms with van der Waals surface area (Å²) in [4.78, 5) is 1.08. The Morgan fingerprint density at radius 2 is 2.10 bits per heavy atom. The van der Waals surface area contributed by atoms with E-state index in [0.29, 0.717) is 28.3 Å². The van der Waals surface area contributed by atoms with Crippen LogP contribution >= 0.6 is 35.3 Å². The van der Waals surface area contributed by atoms with Crippen molar-refractivity contribution in [1.82, 2.24) is 4.72 Å². The molecule has 1 heterocycles. The average Bonchev–Trinajstić information content (AvgIpc) is 2.64. The SMILES string of the molecule is Cc1sc2ccc(Cl)cc2c1S(=O)(=O)NCCC(C)N.Cl. The molecule has 4 nitrogen and oxygen atoms in total. The molecule has 1 unspecified atom stereocenters. The molecule has 1 aromatic heterocycles. The van der Waals surface area contributed by atoms with Crippen molar-refractivity contribution >= 4 is 55.5 Å². The first-order chi connectivity index (χ1) is 9.31. The number of sulfonamides is 1. The first-order valence-electron chi connectivity index (χ1n) is 6.25. The van der Waals surface area contributed by atoms with E-state index in [2.05, 4.69) is 4.72 Å². The van der Waals surface area contributed by atoms with Crippen molar-refractivity contribution in [2.75, 3.05) is 6.54 Å². The second kappa shape index (κ2) is 7.26. The Hall–Kier alpha value is -0.370. The monoisotopic (exact) mass is 368 g/mol. The molecule has 0 fully saturated rings. The lowest BCUT2D eigenvalue weighted by Crippen LogP contribution is -2.29. The minimum atomic E-state index is -3.54. The first kappa shape index (κ1) is 18.7. The normalized spacial score (nSPS) is 13.1. The quantitative estimate of drug-likeness (QED) is 0.849. The molecular formula is C13H18Cl2N2O2S2. The Morgan fingerprint density at radius 3 is 2.71 bits per heavy atom. The molecule has 0 bridgehead atoms. The molecular weight excluding hydrogens is 351 g/mol. The highest BCUT2D eigenvalue weighted by Crippen LogP contribution is 2.35. The third-order valence-electron chi connectivity index (χ3n) is 2.93. The Balaban J connectivity index is 0.00000220. The molecule has 2 aromatic rings.